The van der Waals surface area contributed by atoms with Crippen LogP contribution in [0.25, 0.3) is 5.52 Å². The van der Waals surface area contributed by atoms with Gasteiger partial charge in [0.2, 0.25) is 0 Å². The first kappa shape index (κ1) is 9.50. The lowest BCUT2D eigenvalue weighted by Crippen LogP contribution is -1.98. The van der Waals surface area contributed by atoms with E-state index >= 15 is 0 Å². The third-order valence-corrected chi connectivity index (χ3v) is 1.90. The van der Waals surface area contributed by atoms with Crippen molar-refractivity contribution in [1.29, 1.82) is 0 Å². The van der Waals surface area contributed by atoms with Gasteiger partial charge in [0.15, 0.2) is 5.69 Å². The van der Waals surface area contributed by atoms with Gasteiger partial charge in [-0.25, -0.2) is 18.1 Å². The van der Waals surface area contributed by atoms with E-state index in [0.717, 1.165) is 16.6 Å². The van der Waals surface area contributed by atoms with Crippen LogP contribution in [-0.4, -0.2) is 25.9 Å². The maximum absolute atomic E-state index is 12.3. The van der Waals surface area contributed by atoms with E-state index in [1.54, 1.807) is 0 Å². The molecule has 0 fully saturated rings. The van der Waals surface area contributed by atoms with Crippen molar-refractivity contribution in [2.75, 3.05) is 0 Å². The molecular weight excluding hydrogens is 208 g/mol. The highest BCUT2D eigenvalue weighted by Gasteiger charge is 2.15. The summed E-state index contributed by atoms with van der Waals surface area (Å²) in [5.41, 5.74) is -0.537. The van der Waals surface area contributed by atoms with Crippen LogP contribution in [-0.2, 0) is 0 Å². The van der Waals surface area contributed by atoms with Crippen LogP contribution in [0.15, 0.2) is 18.3 Å². The van der Waals surface area contributed by atoms with Gasteiger partial charge in [0.25, 0.3) is 6.43 Å². The number of carbonyl (C=O) groups is 1. The van der Waals surface area contributed by atoms with Crippen LogP contribution < -0.4 is 0 Å². The lowest BCUT2D eigenvalue weighted by atomic mass is 10.2. The number of rotatable bonds is 2. The molecule has 0 saturated carbocycles. The second kappa shape index (κ2) is 3.26. The van der Waals surface area contributed by atoms with Crippen molar-refractivity contribution < 1.29 is 18.7 Å². The van der Waals surface area contributed by atoms with Crippen LogP contribution in [0.5, 0.6) is 0 Å². The molecule has 0 atom stereocenters. The molecule has 0 aliphatic rings. The molecule has 2 aromatic rings. The van der Waals surface area contributed by atoms with E-state index < -0.39 is 12.4 Å². The molecule has 1 N–H and O–H groups in total. The quantitative estimate of drug-likeness (QED) is 0.817. The second-order valence-corrected chi connectivity index (χ2v) is 2.83. The minimum Gasteiger partial charge on any atom is -0.476 e. The number of hydrogen-bond donors (Lipinski definition) is 1. The first-order valence-electron chi connectivity index (χ1n) is 3.96. The predicted octanol–water partition coefficient (Wildman–Crippen LogP) is 1.37. The standard InChI is InChI=1S/C8H5F2N3O2/c9-7(10)4-1-2-13-5(3-4)6(8(14)15)11-12-13/h1-3,7H,(H,14,15). The van der Waals surface area contributed by atoms with Gasteiger partial charge >= 0.3 is 5.97 Å². The average molecular weight is 213 g/mol. The zero-order chi connectivity index (χ0) is 11.0. The highest BCUT2D eigenvalue weighted by atomic mass is 19.3. The minimum absolute atomic E-state index is 0.0558. The van der Waals surface area contributed by atoms with Crippen molar-refractivity contribution in [2.24, 2.45) is 0 Å². The maximum Gasteiger partial charge on any atom is 0.358 e. The van der Waals surface area contributed by atoms with Crippen LogP contribution >= 0.6 is 0 Å². The number of aromatic nitrogens is 3. The van der Waals surface area contributed by atoms with Crippen LogP contribution in [0.2, 0.25) is 0 Å². The fourth-order valence-electron chi connectivity index (χ4n) is 1.20. The Morgan fingerprint density at radius 2 is 2.27 bits per heavy atom. The van der Waals surface area contributed by atoms with E-state index in [1.807, 2.05) is 0 Å². The first-order chi connectivity index (χ1) is 7.09. The molecule has 0 radical (unpaired) electrons. The number of halogens is 2. The number of pyridine rings is 1. The number of hydrogen-bond acceptors (Lipinski definition) is 3. The van der Waals surface area contributed by atoms with Crippen molar-refractivity contribution in [3.63, 3.8) is 0 Å². The second-order valence-electron chi connectivity index (χ2n) is 2.83. The molecule has 2 heterocycles. The molecular formula is C8H5F2N3O2. The van der Waals surface area contributed by atoms with Gasteiger partial charge in [-0.05, 0) is 12.1 Å². The number of nitrogens with zero attached hydrogens (tertiary/aromatic N) is 3. The molecule has 5 nitrogen and oxygen atoms in total. The summed E-state index contributed by atoms with van der Waals surface area (Å²) >= 11 is 0. The van der Waals surface area contributed by atoms with E-state index in [9.17, 15) is 13.6 Å². The lowest BCUT2D eigenvalue weighted by molar-refractivity contribution is 0.0692. The SMILES string of the molecule is O=C(O)c1nnn2ccc(C(F)F)cc12. The summed E-state index contributed by atoms with van der Waals surface area (Å²) < 4.78 is 25.8. The Balaban J connectivity index is 2.66. The van der Waals surface area contributed by atoms with Gasteiger partial charge in [0.05, 0.1) is 0 Å². The Morgan fingerprint density at radius 3 is 2.87 bits per heavy atom. The Kier molecular flexibility index (Phi) is 2.07. The summed E-state index contributed by atoms with van der Waals surface area (Å²) in [4.78, 5) is 10.7. The van der Waals surface area contributed by atoms with Gasteiger partial charge in [-0.2, -0.15) is 0 Å². The molecule has 2 aromatic heterocycles. The highest BCUT2D eigenvalue weighted by Crippen LogP contribution is 2.20. The van der Waals surface area contributed by atoms with Crippen LogP contribution in [0.1, 0.15) is 22.5 Å². The zero-order valence-corrected chi connectivity index (χ0v) is 7.26. The van der Waals surface area contributed by atoms with Crippen molar-refractivity contribution in [2.45, 2.75) is 6.43 Å². The van der Waals surface area contributed by atoms with E-state index in [2.05, 4.69) is 10.3 Å². The van der Waals surface area contributed by atoms with Gasteiger partial charge in [-0.15, -0.1) is 5.10 Å². The van der Waals surface area contributed by atoms with E-state index in [4.69, 9.17) is 5.11 Å². The van der Waals surface area contributed by atoms with Crippen LogP contribution in [0, 0.1) is 0 Å². The molecule has 0 aliphatic carbocycles. The highest BCUT2D eigenvalue weighted by molar-refractivity contribution is 5.93. The summed E-state index contributed by atoms with van der Waals surface area (Å²) in [7, 11) is 0. The topological polar surface area (TPSA) is 67.5 Å². The zero-order valence-electron chi connectivity index (χ0n) is 7.26. The lowest BCUT2D eigenvalue weighted by Gasteiger charge is -1.99. The van der Waals surface area contributed by atoms with E-state index in [-0.39, 0.29) is 16.8 Å². The van der Waals surface area contributed by atoms with Crippen molar-refractivity contribution in [1.82, 2.24) is 14.8 Å². The normalized spacial score (nSPS) is 11.1. The molecule has 78 valence electrons. The smallest absolute Gasteiger partial charge is 0.358 e. The molecule has 0 amide bonds. The van der Waals surface area contributed by atoms with E-state index in [0.29, 0.717) is 0 Å². The first-order valence-corrected chi connectivity index (χ1v) is 3.96. The van der Waals surface area contributed by atoms with Crippen molar-refractivity contribution >= 4 is 11.5 Å². The Bertz CT molecular complexity index is 524. The summed E-state index contributed by atoms with van der Waals surface area (Å²) in [6.45, 7) is 0. The van der Waals surface area contributed by atoms with Gasteiger partial charge in [-0.3, -0.25) is 0 Å². The number of fused-ring (bicyclic) bond motifs is 1. The molecule has 15 heavy (non-hydrogen) atoms. The third kappa shape index (κ3) is 1.51. The average Bonchev–Trinajstić information content (AvgIpc) is 2.59. The van der Waals surface area contributed by atoms with Gasteiger partial charge in [0, 0.05) is 11.8 Å². The number of carboxylic acid groups (broad SMARTS) is 1. The molecule has 0 spiro atoms. The largest absolute Gasteiger partial charge is 0.476 e. The van der Waals surface area contributed by atoms with Gasteiger partial charge in [-0.1, -0.05) is 5.21 Å². The molecule has 7 heteroatoms. The molecule has 0 bridgehead atoms. The molecule has 0 saturated heterocycles. The molecule has 0 aromatic carbocycles. The fourth-order valence-corrected chi connectivity index (χ4v) is 1.20. The Hall–Kier alpha value is -2.05. The monoisotopic (exact) mass is 213 g/mol. The minimum atomic E-state index is -2.65. The summed E-state index contributed by atoms with van der Waals surface area (Å²) in [5.74, 6) is -1.29. The molecule has 0 aliphatic heterocycles. The van der Waals surface area contributed by atoms with Crippen LogP contribution in [0.4, 0.5) is 8.78 Å². The molecule has 2 rings (SSSR count). The van der Waals surface area contributed by atoms with Crippen molar-refractivity contribution in [3.8, 4) is 0 Å². The fraction of sp³-hybridized carbons (Fsp3) is 0.125. The van der Waals surface area contributed by atoms with Gasteiger partial charge in [0.1, 0.15) is 5.52 Å². The Morgan fingerprint density at radius 1 is 1.53 bits per heavy atom. The summed E-state index contributed by atoms with van der Waals surface area (Å²) in [6, 6.07) is 2.23. The number of carboxylic acids is 1. The van der Waals surface area contributed by atoms with Crippen LogP contribution in [0.3, 0.4) is 0 Å². The van der Waals surface area contributed by atoms with Crippen molar-refractivity contribution in [3.05, 3.63) is 29.6 Å². The maximum atomic E-state index is 12.3. The third-order valence-electron chi connectivity index (χ3n) is 1.90. The van der Waals surface area contributed by atoms with Gasteiger partial charge < -0.3 is 5.11 Å². The summed E-state index contributed by atoms with van der Waals surface area (Å²) in [5, 5.41) is 15.5. The Labute approximate surface area is 81.9 Å². The predicted molar refractivity (Wildman–Crippen MR) is 44.9 cm³/mol. The molecule has 0 unspecified atom stereocenters. The summed E-state index contributed by atoms with van der Waals surface area (Å²) in [6.07, 6.45) is -1.40. The number of alkyl halides is 2. The van der Waals surface area contributed by atoms with E-state index in [1.165, 1.54) is 6.20 Å². The number of aromatic carboxylic acids is 1.